The second-order valence-corrected chi connectivity index (χ2v) is 7.35. The van der Waals surface area contributed by atoms with E-state index in [1.807, 2.05) is 0 Å². The van der Waals surface area contributed by atoms with Crippen LogP contribution in [-0.2, 0) is 11.0 Å². The number of benzene rings is 1. The van der Waals surface area contributed by atoms with Gasteiger partial charge in [-0.25, -0.2) is 14.2 Å². The lowest BCUT2D eigenvalue weighted by molar-refractivity contribution is -0.0328. The van der Waals surface area contributed by atoms with Crippen molar-refractivity contribution in [2.75, 3.05) is 10.8 Å². The zero-order chi connectivity index (χ0) is 18.2. The molecule has 1 aliphatic heterocycles. The third kappa shape index (κ3) is 3.36. The highest BCUT2D eigenvalue weighted by Gasteiger charge is 2.36. The van der Waals surface area contributed by atoms with Gasteiger partial charge in [-0.1, -0.05) is 18.2 Å². The fraction of sp³-hybridized carbons (Fsp3) is 0.200. The topological polar surface area (TPSA) is 66.3 Å². The molecule has 2 heterocycles. The first-order valence-electron chi connectivity index (χ1n) is 7.12. The summed E-state index contributed by atoms with van der Waals surface area (Å²) in [5.41, 5.74) is -4.37. The van der Waals surface area contributed by atoms with Crippen LogP contribution in [0.3, 0.4) is 0 Å². The van der Waals surface area contributed by atoms with Gasteiger partial charge in [0.15, 0.2) is 22.6 Å². The molecule has 1 N–H and O–H groups in total. The van der Waals surface area contributed by atoms with Gasteiger partial charge in [0.25, 0.3) is 0 Å². The second-order valence-electron chi connectivity index (χ2n) is 4.89. The summed E-state index contributed by atoms with van der Waals surface area (Å²) in [6.45, 7) is 2.01. The lowest BCUT2D eigenvalue weighted by atomic mass is 10.1. The number of halogens is 3. The summed E-state index contributed by atoms with van der Waals surface area (Å²) in [5.74, 6) is -0.202. The zero-order valence-electron chi connectivity index (χ0n) is 12.8. The van der Waals surface area contributed by atoms with E-state index in [0.717, 1.165) is 0 Å². The third-order valence-corrected chi connectivity index (χ3v) is 5.78. The van der Waals surface area contributed by atoms with E-state index >= 15 is 0 Å². The second kappa shape index (κ2) is 6.68. The largest absolute Gasteiger partial charge is 0.504 e. The Hall–Kier alpha value is -2.07. The van der Waals surface area contributed by atoms with Gasteiger partial charge in [0, 0.05) is 29.4 Å². The van der Waals surface area contributed by atoms with Crippen LogP contribution in [0.15, 0.2) is 41.6 Å². The number of alkyl halides is 3. The van der Waals surface area contributed by atoms with Gasteiger partial charge in [-0.2, -0.15) is 13.2 Å². The molecular formula is C15H12F3N3O2S2. The molecule has 0 fully saturated rings. The predicted molar refractivity (Wildman–Crippen MR) is 91.0 cm³/mol. The molecule has 2 aromatic rings. The van der Waals surface area contributed by atoms with E-state index in [4.69, 9.17) is 0 Å². The summed E-state index contributed by atoms with van der Waals surface area (Å²) in [7, 11) is -1.92. The Labute approximate surface area is 148 Å². The molecule has 10 heteroatoms. The van der Waals surface area contributed by atoms with Gasteiger partial charge in [0.2, 0.25) is 0 Å². The summed E-state index contributed by atoms with van der Waals surface area (Å²) < 4.78 is 52.8. The molecule has 1 aromatic heterocycles. The number of thioether (sulfide) groups is 1. The SMILES string of the molecule is CCN1c2nccnc2C(O)=C(c2ccccc2SC(F)(F)F)S1=O. The third-order valence-electron chi connectivity index (χ3n) is 3.37. The first-order chi connectivity index (χ1) is 11.8. The van der Waals surface area contributed by atoms with Gasteiger partial charge >= 0.3 is 5.51 Å². The monoisotopic (exact) mass is 387 g/mol. The number of nitrogens with zero attached hydrogens (tertiary/aromatic N) is 3. The molecule has 0 spiro atoms. The van der Waals surface area contributed by atoms with Crippen LogP contribution in [0, 0.1) is 0 Å². The highest BCUT2D eigenvalue weighted by atomic mass is 32.2. The van der Waals surface area contributed by atoms with Crippen molar-refractivity contribution in [2.24, 2.45) is 0 Å². The average molecular weight is 387 g/mol. The Morgan fingerprint density at radius 3 is 2.60 bits per heavy atom. The van der Waals surface area contributed by atoms with Gasteiger partial charge in [-0.05, 0) is 24.8 Å². The number of aliphatic hydroxyl groups excluding tert-OH is 1. The minimum Gasteiger partial charge on any atom is -0.504 e. The summed E-state index contributed by atoms with van der Waals surface area (Å²) in [6.07, 6.45) is 2.75. The van der Waals surface area contributed by atoms with E-state index in [-0.39, 0.29) is 45.2 Å². The number of anilines is 1. The smallest absolute Gasteiger partial charge is 0.446 e. The minimum absolute atomic E-state index is 0.0513. The highest BCUT2D eigenvalue weighted by Crippen LogP contribution is 2.44. The summed E-state index contributed by atoms with van der Waals surface area (Å²) in [4.78, 5) is 7.86. The van der Waals surface area contributed by atoms with E-state index in [9.17, 15) is 22.5 Å². The van der Waals surface area contributed by atoms with Crippen molar-refractivity contribution in [3.63, 3.8) is 0 Å². The molecule has 0 saturated heterocycles. The van der Waals surface area contributed by atoms with Gasteiger partial charge in [0.1, 0.15) is 10.6 Å². The zero-order valence-corrected chi connectivity index (χ0v) is 14.5. The number of fused-ring (bicyclic) bond motifs is 1. The Balaban J connectivity index is 2.22. The van der Waals surface area contributed by atoms with Crippen LogP contribution in [0.25, 0.3) is 10.7 Å². The fourth-order valence-electron chi connectivity index (χ4n) is 2.42. The fourth-order valence-corrected chi connectivity index (χ4v) is 4.53. The predicted octanol–water partition coefficient (Wildman–Crippen LogP) is 3.98. The molecular weight excluding hydrogens is 375 g/mol. The average Bonchev–Trinajstić information content (AvgIpc) is 2.56. The van der Waals surface area contributed by atoms with Crippen LogP contribution >= 0.6 is 11.8 Å². The Morgan fingerprint density at radius 2 is 1.92 bits per heavy atom. The van der Waals surface area contributed by atoms with Crippen molar-refractivity contribution >= 4 is 39.2 Å². The molecule has 1 aliphatic rings. The number of aliphatic hydroxyl groups is 1. The molecule has 0 saturated carbocycles. The molecule has 25 heavy (non-hydrogen) atoms. The molecule has 1 atom stereocenters. The van der Waals surface area contributed by atoms with E-state index in [0.29, 0.717) is 0 Å². The van der Waals surface area contributed by atoms with Crippen molar-refractivity contribution in [1.82, 2.24) is 9.97 Å². The molecule has 0 amide bonds. The first kappa shape index (κ1) is 17.7. The molecule has 1 unspecified atom stereocenters. The summed E-state index contributed by atoms with van der Waals surface area (Å²) in [6, 6.07) is 5.64. The molecule has 5 nitrogen and oxygen atoms in total. The van der Waals surface area contributed by atoms with E-state index < -0.39 is 22.3 Å². The molecule has 1 aromatic carbocycles. The Kier molecular flexibility index (Phi) is 4.74. The Bertz CT molecular complexity index is 871. The van der Waals surface area contributed by atoms with Crippen LogP contribution in [0.1, 0.15) is 18.2 Å². The van der Waals surface area contributed by atoms with Crippen LogP contribution in [0.2, 0.25) is 0 Å². The van der Waals surface area contributed by atoms with Crippen molar-refractivity contribution in [3.8, 4) is 0 Å². The van der Waals surface area contributed by atoms with E-state index in [1.165, 1.54) is 41.0 Å². The van der Waals surface area contributed by atoms with Gasteiger partial charge in [-0.3, -0.25) is 4.31 Å². The quantitative estimate of drug-likeness (QED) is 0.807. The van der Waals surface area contributed by atoms with Crippen LogP contribution in [0.4, 0.5) is 19.0 Å². The van der Waals surface area contributed by atoms with E-state index in [1.54, 1.807) is 6.92 Å². The van der Waals surface area contributed by atoms with Crippen molar-refractivity contribution in [1.29, 1.82) is 0 Å². The first-order valence-corrected chi connectivity index (χ1v) is 9.05. The molecule has 132 valence electrons. The van der Waals surface area contributed by atoms with Crippen molar-refractivity contribution < 1.29 is 22.5 Å². The van der Waals surface area contributed by atoms with Gasteiger partial charge < -0.3 is 5.11 Å². The number of rotatable bonds is 3. The van der Waals surface area contributed by atoms with Crippen molar-refractivity contribution in [3.05, 3.63) is 47.9 Å². The molecule has 0 aliphatic carbocycles. The van der Waals surface area contributed by atoms with Crippen molar-refractivity contribution in [2.45, 2.75) is 17.3 Å². The Morgan fingerprint density at radius 1 is 1.24 bits per heavy atom. The minimum atomic E-state index is -4.51. The van der Waals surface area contributed by atoms with E-state index in [2.05, 4.69) is 9.97 Å². The van der Waals surface area contributed by atoms with Crippen LogP contribution in [0.5, 0.6) is 0 Å². The summed E-state index contributed by atoms with van der Waals surface area (Å²) >= 11 is -0.319. The maximum atomic E-state index is 12.9. The lowest BCUT2D eigenvalue weighted by Crippen LogP contribution is -2.31. The highest BCUT2D eigenvalue weighted by molar-refractivity contribution is 8.00. The standard InChI is InChI=1S/C15H12F3N3O2S2/c1-2-21-14-11(19-7-8-20-14)12(22)13(25(21)23)9-5-3-4-6-10(9)24-15(16,17)18/h3-8,22H,2H2,1H3. The maximum Gasteiger partial charge on any atom is 0.446 e. The number of aromatic nitrogens is 2. The summed E-state index contributed by atoms with van der Waals surface area (Å²) in [5, 5.41) is 10.5. The van der Waals surface area contributed by atoms with Crippen LogP contribution < -0.4 is 4.31 Å². The maximum absolute atomic E-state index is 12.9. The van der Waals surface area contributed by atoms with Gasteiger partial charge in [-0.15, -0.1) is 0 Å². The number of hydrogen-bond acceptors (Lipinski definition) is 5. The number of hydrogen-bond donors (Lipinski definition) is 1. The molecule has 3 rings (SSSR count). The van der Waals surface area contributed by atoms with Crippen LogP contribution in [-0.4, -0.2) is 31.3 Å². The normalized spacial score (nSPS) is 17.6. The molecule has 0 bridgehead atoms. The lowest BCUT2D eigenvalue weighted by Gasteiger charge is -2.29. The van der Waals surface area contributed by atoms with Gasteiger partial charge in [0.05, 0.1) is 0 Å². The molecule has 0 radical (unpaired) electrons.